The van der Waals surface area contributed by atoms with Crippen molar-refractivity contribution in [2.24, 2.45) is 0 Å². The SMILES string of the molecule is O=S(=O)(Nc1ccc(F)c(C#Cc2cnc(NCCO)nc2)c1F)c1cc(Cl)ccc1Cl. The first-order chi connectivity index (χ1) is 15.2. The van der Waals surface area contributed by atoms with E-state index in [1.54, 1.807) is 0 Å². The van der Waals surface area contributed by atoms with Crippen LogP contribution in [0, 0.1) is 23.5 Å². The van der Waals surface area contributed by atoms with Gasteiger partial charge >= 0.3 is 0 Å². The molecule has 0 saturated carbocycles. The summed E-state index contributed by atoms with van der Waals surface area (Å²) < 4.78 is 56.3. The first-order valence-corrected chi connectivity index (χ1v) is 11.1. The third-order valence-corrected chi connectivity index (χ3v) is 5.98. The molecule has 0 radical (unpaired) electrons. The minimum absolute atomic E-state index is 0.104. The lowest BCUT2D eigenvalue weighted by molar-refractivity contribution is 0.311. The smallest absolute Gasteiger partial charge is 0.263 e. The number of nitrogens with one attached hydrogen (secondary N) is 2. The van der Waals surface area contributed by atoms with E-state index in [2.05, 4.69) is 27.1 Å². The molecule has 0 atom stereocenters. The standard InChI is InChI=1S/C20H14Cl2F2N4O3S/c21-13-2-4-15(22)18(9-13)32(30,31)28-17-6-5-16(23)14(19(17)24)3-1-12-10-26-20(27-11-12)25-7-8-29/h2,4-6,9-11,28-29H,7-8H2,(H,25,26,27). The molecular weight excluding hydrogens is 485 g/mol. The second-order valence-electron chi connectivity index (χ2n) is 6.16. The van der Waals surface area contributed by atoms with Crippen molar-refractivity contribution in [3.8, 4) is 11.8 Å². The molecule has 0 amide bonds. The third-order valence-electron chi connectivity index (χ3n) is 3.90. The monoisotopic (exact) mass is 498 g/mol. The zero-order chi connectivity index (χ0) is 23.3. The molecule has 1 heterocycles. The van der Waals surface area contributed by atoms with E-state index in [0.717, 1.165) is 18.2 Å². The summed E-state index contributed by atoms with van der Waals surface area (Å²) in [6.45, 7) is 0.150. The highest BCUT2D eigenvalue weighted by molar-refractivity contribution is 7.92. The number of anilines is 2. The van der Waals surface area contributed by atoms with Crippen LogP contribution in [0.2, 0.25) is 10.0 Å². The molecule has 0 saturated heterocycles. The molecule has 0 aliphatic heterocycles. The van der Waals surface area contributed by atoms with Crippen molar-refractivity contribution in [2.75, 3.05) is 23.2 Å². The first-order valence-electron chi connectivity index (χ1n) is 8.86. The predicted molar refractivity (Wildman–Crippen MR) is 117 cm³/mol. The van der Waals surface area contributed by atoms with E-state index in [1.165, 1.54) is 24.5 Å². The Kier molecular flexibility index (Phi) is 7.48. The van der Waals surface area contributed by atoms with Crippen LogP contribution in [0.1, 0.15) is 11.1 Å². The summed E-state index contributed by atoms with van der Waals surface area (Å²) in [6.07, 6.45) is 2.65. The molecule has 2 aromatic carbocycles. The van der Waals surface area contributed by atoms with Crippen molar-refractivity contribution in [3.63, 3.8) is 0 Å². The number of nitrogens with zero attached hydrogens (tertiary/aromatic N) is 2. The van der Waals surface area contributed by atoms with Gasteiger partial charge in [0, 0.05) is 24.0 Å². The molecular formula is C20H14Cl2F2N4O3S. The van der Waals surface area contributed by atoms with E-state index in [-0.39, 0.29) is 39.6 Å². The Hall–Kier alpha value is -2.97. The van der Waals surface area contributed by atoms with Gasteiger partial charge in [-0.3, -0.25) is 4.72 Å². The Morgan fingerprint density at radius 3 is 2.47 bits per heavy atom. The third kappa shape index (κ3) is 5.63. The van der Waals surface area contributed by atoms with Crippen LogP contribution in [-0.2, 0) is 10.0 Å². The summed E-state index contributed by atoms with van der Waals surface area (Å²) in [5, 5.41) is 11.5. The lowest BCUT2D eigenvalue weighted by Gasteiger charge is -2.11. The topological polar surface area (TPSA) is 104 Å². The first kappa shape index (κ1) is 23.7. The van der Waals surface area contributed by atoms with Gasteiger partial charge in [0.1, 0.15) is 10.7 Å². The molecule has 3 aromatic rings. The summed E-state index contributed by atoms with van der Waals surface area (Å²) in [7, 11) is -4.32. The fraction of sp³-hybridized carbons (Fsp3) is 0.100. The average molecular weight is 499 g/mol. The lowest BCUT2D eigenvalue weighted by atomic mass is 10.1. The van der Waals surface area contributed by atoms with Crippen molar-refractivity contribution >= 4 is 44.9 Å². The maximum Gasteiger partial charge on any atom is 0.263 e. The molecule has 3 N–H and O–H groups in total. The summed E-state index contributed by atoms with van der Waals surface area (Å²) in [6, 6.07) is 5.59. The second-order valence-corrected chi connectivity index (χ2v) is 8.65. The van der Waals surface area contributed by atoms with Gasteiger partial charge < -0.3 is 10.4 Å². The van der Waals surface area contributed by atoms with E-state index < -0.39 is 32.9 Å². The minimum Gasteiger partial charge on any atom is -0.395 e. The van der Waals surface area contributed by atoms with E-state index in [0.29, 0.717) is 0 Å². The number of hydrogen-bond acceptors (Lipinski definition) is 6. The van der Waals surface area contributed by atoms with E-state index in [1.807, 2.05) is 4.72 Å². The molecule has 3 rings (SSSR count). The number of sulfonamides is 1. The number of benzene rings is 2. The Labute approximate surface area is 192 Å². The van der Waals surface area contributed by atoms with E-state index >= 15 is 0 Å². The Morgan fingerprint density at radius 2 is 1.78 bits per heavy atom. The minimum atomic E-state index is -4.32. The molecule has 0 aliphatic rings. The largest absolute Gasteiger partial charge is 0.395 e. The van der Waals surface area contributed by atoms with Crippen LogP contribution >= 0.6 is 23.2 Å². The van der Waals surface area contributed by atoms with Crippen LogP contribution in [-0.4, -0.2) is 36.6 Å². The molecule has 0 fully saturated rings. The van der Waals surface area contributed by atoms with Gasteiger partial charge in [0.2, 0.25) is 5.95 Å². The summed E-state index contributed by atoms with van der Waals surface area (Å²) in [5.41, 5.74) is -0.911. The van der Waals surface area contributed by atoms with Crippen LogP contribution < -0.4 is 10.0 Å². The maximum absolute atomic E-state index is 14.9. The second kappa shape index (κ2) is 10.1. The van der Waals surface area contributed by atoms with Crippen LogP contribution in [0.25, 0.3) is 0 Å². The van der Waals surface area contributed by atoms with Gasteiger partial charge in [-0.1, -0.05) is 35.0 Å². The summed E-state index contributed by atoms with van der Waals surface area (Å²) in [5.74, 6) is 2.90. The normalized spacial score (nSPS) is 10.9. The highest BCUT2D eigenvalue weighted by atomic mass is 35.5. The summed E-state index contributed by atoms with van der Waals surface area (Å²) in [4.78, 5) is 7.53. The van der Waals surface area contributed by atoms with Gasteiger partial charge in [-0.05, 0) is 30.3 Å². The zero-order valence-electron chi connectivity index (χ0n) is 16.0. The number of halogens is 4. The van der Waals surface area contributed by atoms with Crippen molar-refractivity contribution in [1.29, 1.82) is 0 Å². The number of aromatic nitrogens is 2. The zero-order valence-corrected chi connectivity index (χ0v) is 18.4. The van der Waals surface area contributed by atoms with Gasteiger partial charge in [-0.2, -0.15) is 0 Å². The quantitative estimate of drug-likeness (QED) is 0.448. The number of rotatable bonds is 6. The van der Waals surface area contributed by atoms with Gasteiger partial charge in [-0.25, -0.2) is 27.2 Å². The van der Waals surface area contributed by atoms with Crippen molar-refractivity contribution < 1.29 is 22.3 Å². The van der Waals surface area contributed by atoms with Crippen molar-refractivity contribution in [1.82, 2.24) is 9.97 Å². The molecule has 0 bridgehead atoms. The fourth-order valence-electron chi connectivity index (χ4n) is 2.42. The fourth-order valence-corrected chi connectivity index (χ4v) is 4.24. The van der Waals surface area contributed by atoms with Gasteiger partial charge in [0.05, 0.1) is 28.4 Å². The molecule has 7 nitrogen and oxygen atoms in total. The van der Waals surface area contributed by atoms with Crippen molar-refractivity contribution in [3.05, 3.63) is 75.5 Å². The maximum atomic E-state index is 14.9. The van der Waals surface area contributed by atoms with E-state index in [4.69, 9.17) is 28.3 Å². The highest BCUT2D eigenvalue weighted by Gasteiger charge is 2.22. The van der Waals surface area contributed by atoms with Crippen LogP contribution in [0.3, 0.4) is 0 Å². The van der Waals surface area contributed by atoms with Crippen LogP contribution in [0.4, 0.5) is 20.4 Å². The number of aliphatic hydroxyl groups is 1. The predicted octanol–water partition coefficient (Wildman–Crippen LogP) is 3.67. The van der Waals surface area contributed by atoms with Crippen LogP contribution in [0.5, 0.6) is 0 Å². The lowest BCUT2D eigenvalue weighted by Crippen LogP contribution is -2.15. The highest BCUT2D eigenvalue weighted by Crippen LogP contribution is 2.28. The Bertz CT molecular complexity index is 1310. The Balaban J connectivity index is 1.90. The van der Waals surface area contributed by atoms with E-state index in [9.17, 15) is 17.2 Å². The van der Waals surface area contributed by atoms with Gasteiger partial charge in [0.25, 0.3) is 10.0 Å². The number of hydrogen-bond donors (Lipinski definition) is 3. The molecule has 166 valence electrons. The van der Waals surface area contributed by atoms with Crippen LogP contribution in [0.15, 0.2) is 47.6 Å². The molecule has 0 spiro atoms. The molecule has 0 unspecified atom stereocenters. The Morgan fingerprint density at radius 1 is 1.06 bits per heavy atom. The van der Waals surface area contributed by atoms with Gasteiger partial charge in [0.15, 0.2) is 5.82 Å². The van der Waals surface area contributed by atoms with Crippen molar-refractivity contribution in [2.45, 2.75) is 4.90 Å². The molecule has 0 aliphatic carbocycles. The number of aliphatic hydroxyl groups excluding tert-OH is 1. The van der Waals surface area contributed by atoms with Gasteiger partial charge in [-0.15, -0.1) is 0 Å². The summed E-state index contributed by atoms with van der Waals surface area (Å²) >= 11 is 11.7. The molecule has 12 heteroatoms. The average Bonchev–Trinajstić information content (AvgIpc) is 2.76. The molecule has 32 heavy (non-hydrogen) atoms. The molecule has 1 aromatic heterocycles.